The van der Waals surface area contributed by atoms with E-state index in [0.29, 0.717) is 11.3 Å². The Morgan fingerprint density at radius 2 is 2.07 bits per heavy atom. The molecule has 1 N–H and O–H groups in total. The van der Waals surface area contributed by atoms with Crippen molar-refractivity contribution in [2.45, 2.75) is 6.42 Å². The van der Waals surface area contributed by atoms with Crippen molar-refractivity contribution < 1.29 is 9.59 Å². The average Bonchev–Trinajstić information content (AvgIpc) is 2.45. The molecule has 0 fully saturated rings. The number of hydrogen-bond donors (Lipinski definition) is 1. The minimum atomic E-state index is -0.526. The standard InChI is InChI=1S/C10H8BrNO2/c11-5-4-6-2-1-3-7-8(6)9(13)10(14)12-7/h1-3H,4-5H2,(H,12,13,14). The SMILES string of the molecule is O=C1Nc2cccc(CCBr)c2C1=O. The third kappa shape index (κ3) is 1.35. The lowest BCUT2D eigenvalue weighted by atomic mass is 10.0. The Morgan fingerprint density at radius 3 is 2.79 bits per heavy atom. The van der Waals surface area contributed by atoms with Gasteiger partial charge in [0, 0.05) is 5.33 Å². The summed E-state index contributed by atoms with van der Waals surface area (Å²) in [5, 5.41) is 3.32. The van der Waals surface area contributed by atoms with Crippen LogP contribution in [0.4, 0.5) is 5.69 Å². The van der Waals surface area contributed by atoms with Gasteiger partial charge in [0.15, 0.2) is 0 Å². The van der Waals surface area contributed by atoms with Crippen molar-refractivity contribution in [3.63, 3.8) is 0 Å². The van der Waals surface area contributed by atoms with E-state index in [1.54, 1.807) is 6.07 Å². The van der Waals surface area contributed by atoms with Crippen LogP contribution in [0.3, 0.4) is 0 Å². The van der Waals surface area contributed by atoms with E-state index in [4.69, 9.17) is 0 Å². The highest BCUT2D eigenvalue weighted by atomic mass is 79.9. The van der Waals surface area contributed by atoms with Crippen LogP contribution in [0.5, 0.6) is 0 Å². The second-order valence-corrected chi connectivity index (χ2v) is 3.85. The fraction of sp³-hybridized carbons (Fsp3) is 0.200. The number of hydrogen-bond acceptors (Lipinski definition) is 2. The maximum Gasteiger partial charge on any atom is 0.296 e. The average molecular weight is 254 g/mol. The minimum Gasteiger partial charge on any atom is -0.318 e. The summed E-state index contributed by atoms with van der Waals surface area (Å²) >= 11 is 3.31. The number of benzene rings is 1. The van der Waals surface area contributed by atoms with Gasteiger partial charge in [-0.25, -0.2) is 0 Å². The zero-order valence-electron chi connectivity index (χ0n) is 7.34. The van der Waals surface area contributed by atoms with Crippen molar-refractivity contribution in [2.75, 3.05) is 10.6 Å². The molecule has 0 radical (unpaired) electrons. The fourth-order valence-corrected chi connectivity index (χ4v) is 2.00. The number of alkyl halides is 1. The number of Topliss-reactive ketones (excluding diaryl/α,β-unsaturated/α-hetero) is 1. The van der Waals surface area contributed by atoms with Crippen LogP contribution >= 0.6 is 15.9 Å². The van der Waals surface area contributed by atoms with Crippen LogP contribution in [0.25, 0.3) is 0 Å². The molecular weight excluding hydrogens is 246 g/mol. The Morgan fingerprint density at radius 1 is 1.29 bits per heavy atom. The number of nitrogens with one attached hydrogen (secondary N) is 1. The molecule has 0 spiro atoms. The molecule has 2 rings (SSSR count). The maximum atomic E-state index is 11.5. The zero-order chi connectivity index (χ0) is 10.1. The van der Waals surface area contributed by atoms with Crippen LogP contribution in [-0.4, -0.2) is 17.0 Å². The number of ketones is 1. The van der Waals surface area contributed by atoms with Crippen LogP contribution in [0, 0.1) is 0 Å². The highest BCUT2D eigenvalue weighted by Crippen LogP contribution is 2.26. The summed E-state index contributed by atoms with van der Waals surface area (Å²) in [6, 6.07) is 5.46. The van der Waals surface area contributed by atoms with Gasteiger partial charge in [0.05, 0.1) is 11.3 Å². The van der Waals surface area contributed by atoms with Gasteiger partial charge in [0.2, 0.25) is 0 Å². The normalized spacial score (nSPS) is 14.1. The summed E-state index contributed by atoms with van der Waals surface area (Å²) < 4.78 is 0. The first-order valence-electron chi connectivity index (χ1n) is 4.27. The number of halogens is 1. The van der Waals surface area contributed by atoms with Crippen molar-refractivity contribution >= 4 is 33.3 Å². The first kappa shape index (κ1) is 9.40. The molecule has 1 aromatic rings. The van der Waals surface area contributed by atoms with Gasteiger partial charge in [0.1, 0.15) is 0 Å². The molecule has 0 atom stereocenters. The smallest absolute Gasteiger partial charge is 0.296 e. The van der Waals surface area contributed by atoms with Gasteiger partial charge in [-0.3, -0.25) is 9.59 Å². The van der Waals surface area contributed by atoms with Gasteiger partial charge < -0.3 is 5.32 Å². The van der Waals surface area contributed by atoms with E-state index in [0.717, 1.165) is 17.3 Å². The van der Waals surface area contributed by atoms with Crippen molar-refractivity contribution in [1.29, 1.82) is 0 Å². The molecule has 3 nitrogen and oxygen atoms in total. The van der Waals surface area contributed by atoms with E-state index < -0.39 is 11.7 Å². The minimum absolute atomic E-state index is 0.420. The molecule has 1 aliphatic heterocycles. The lowest BCUT2D eigenvalue weighted by Gasteiger charge is -2.02. The van der Waals surface area contributed by atoms with Crippen molar-refractivity contribution in [1.82, 2.24) is 0 Å². The molecule has 0 aromatic heterocycles. The second-order valence-electron chi connectivity index (χ2n) is 3.06. The number of fused-ring (bicyclic) bond motifs is 1. The van der Waals surface area contributed by atoms with Crippen LogP contribution < -0.4 is 5.32 Å². The summed E-state index contributed by atoms with van der Waals surface area (Å²) in [5.41, 5.74) is 2.10. The number of carbonyl (C=O) groups excluding carboxylic acids is 2. The molecule has 0 aliphatic carbocycles. The molecule has 1 amide bonds. The van der Waals surface area contributed by atoms with Gasteiger partial charge in [-0.2, -0.15) is 0 Å². The number of anilines is 1. The van der Waals surface area contributed by atoms with E-state index in [1.165, 1.54) is 0 Å². The third-order valence-electron chi connectivity index (χ3n) is 2.20. The Hall–Kier alpha value is -1.16. The van der Waals surface area contributed by atoms with E-state index in [9.17, 15) is 9.59 Å². The number of amides is 1. The van der Waals surface area contributed by atoms with Gasteiger partial charge in [-0.1, -0.05) is 28.1 Å². The second kappa shape index (κ2) is 3.53. The predicted octanol–water partition coefficient (Wildman–Crippen LogP) is 1.76. The van der Waals surface area contributed by atoms with E-state index in [-0.39, 0.29) is 0 Å². The van der Waals surface area contributed by atoms with Crippen molar-refractivity contribution in [3.05, 3.63) is 29.3 Å². The van der Waals surface area contributed by atoms with Crippen LogP contribution in [0.2, 0.25) is 0 Å². The molecule has 1 heterocycles. The topological polar surface area (TPSA) is 46.2 Å². The molecular formula is C10H8BrNO2. The molecule has 0 saturated heterocycles. The quantitative estimate of drug-likeness (QED) is 0.645. The summed E-state index contributed by atoms with van der Waals surface area (Å²) in [5.74, 6) is -0.946. The lowest BCUT2D eigenvalue weighted by molar-refractivity contribution is -0.112. The number of aryl methyl sites for hydroxylation is 1. The molecule has 72 valence electrons. The summed E-state index contributed by atoms with van der Waals surface area (Å²) in [4.78, 5) is 22.6. The maximum absolute atomic E-state index is 11.5. The molecule has 14 heavy (non-hydrogen) atoms. The van der Waals surface area contributed by atoms with Gasteiger partial charge >= 0.3 is 0 Å². The Labute approximate surface area is 89.6 Å². The Balaban J connectivity index is 2.52. The van der Waals surface area contributed by atoms with Crippen molar-refractivity contribution in [2.24, 2.45) is 0 Å². The lowest BCUT2D eigenvalue weighted by Crippen LogP contribution is -2.13. The first-order chi connectivity index (χ1) is 6.74. The number of carbonyl (C=O) groups is 2. The summed E-state index contributed by atoms with van der Waals surface area (Å²) in [6.45, 7) is 0. The third-order valence-corrected chi connectivity index (χ3v) is 2.59. The van der Waals surface area contributed by atoms with Gasteiger partial charge in [-0.15, -0.1) is 0 Å². The monoisotopic (exact) mass is 253 g/mol. The van der Waals surface area contributed by atoms with Crippen molar-refractivity contribution in [3.8, 4) is 0 Å². The Bertz CT molecular complexity index is 415. The Kier molecular flexibility index (Phi) is 2.37. The predicted molar refractivity (Wildman–Crippen MR) is 56.9 cm³/mol. The zero-order valence-corrected chi connectivity index (χ0v) is 8.93. The van der Waals surface area contributed by atoms with E-state index >= 15 is 0 Å². The fourth-order valence-electron chi connectivity index (χ4n) is 1.58. The highest BCUT2D eigenvalue weighted by molar-refractivity contribution is 9.09. The molecule has 1 aliphatic rings. The van der Waals surface area contributed by atoms with Crippen LogP contribution in [-0.2, 0) is 11.2 Å². The van der Waals surface area contributed by atoms with Crippen LogP contribution in [0.1, 0.15) is 15.9 Å². The van der Waals surface area contributed by atoms with Gasteiger partial charge in [-0.05, 0) is 18.1 Å². The summed E-state index contributed by atoms with van der Waals surface area (Å²) in [7, 11) is 0. The largest absolute Gasteiger partial charge is 0.318 e. The molecule has 1 aromatic carbocycles. The van der Waals surface area contributed by atoms with E-state index in [2.05, 4.69) is 21.2 Å². The molecule has 0 bridgehead atoms. The number of rotatable bonds is 2. The summed E-state index contributed by atoms with van der Waals surface area (Å²) in [6.07, 6.45) is 0.754. The molecule has 0 saturated carbocycles. The van der Waals surface area contributed by atoms with Crippen LogP contribution in [0.15, 0.2) is 18.2 Å². The van der Waals surface area contributed by atoms with E-state index in [1.807, 2.05) is 12.1 Å². The first-order valence-corrected chi connectivity index (χ1v) is 5.39. The molecule has 4 heteroatoms. The molecule has 0 unspecified atom stereocenters. The highest BCUT2D eigenvalue weighted by Gasteiger charge is 2.29. The van der Waals surface area contributed by atoms with Gasteiger partial charge in [0.25, 0.3) is 11.7 Å².